The molecule has 0 aliphatic heterocycles. The molecule has 2 aromatic rings. The molecule has 1 aromatic heterocycles. The van der Waals surface area contributed by atoms with Gasteiger partial charge in [-0.3, -0.25) is 0 Å². The Bertz CT molecular complexity index is 494. The number of hydrogen-bond acceptors (Lipinski definition) is 3. The summed E-state index contributed by atoms with van der Waals surface area (Å²) in [5, 5.41) is 8.47. The van der Waals surface area contributed by atoms with E-state index in [0.29, 0.717) is 6.04 Å². The van der Waals surface area contributed by atoms with Crippen LogP contribution in [0, 0.1) is 0 Å². The van der Waals surface area contributed by atoms with Crippen molar-refractivity contribution in [2.24, 2.45) is 0 Å². The Balaban J connectivity index is 1.86. The molecule has 2 N–H and O–H groups in total. The maximum Gasteiger partial charge on any atom is 0.113 e. The summed E-state index contributed by atoms with van der Waals surface area (Å²) in [5.41, 5.74) is 8.44. The Hall–Kier alpha value is -1.84. The number of nitrogen functional groups attached to an aromatic ring is 1. The lowest BCUT2D eigenvalue weighted by Gasteiger charge is -2.06. The molecule has 17 heavy (non-hydrogen) atoms. The molecule has 0 saturated heterocycles. The van der Waals surface area contributed by atoms with Gasteiger partial charge < -0.3 is 5.73 Å². The Morgan fingerprint density at radius 3 is 2.53 bits per heavy atom. The minimum Gasteiger partial charge on any atom is -0.399 e. The first-order chi connectivity index (χ1) is 8.33. The zero-order valence-corrected chi connectivity index (χ0v) is 9.71. The number of benzene rings is 1. The molecule has 1 aromatic carbocycles. The van der Waals surface area contributed by atoms with E-state index in [2.05, 4.69) is 10.3 Å². The first-order valence-electron chi connectivity index (χ1n) is 6.11. The SMILES string of the molecule is Nc1ccc(-c2cn(C3CCCC3)nn2)cc1. The average Bonchev–Trinajstić information content (AvgIpc) is 3.00. The highest BCUT2D eigenvalue weighted by atomic mass is 15.4. The molecule has 1 aliphatic carbocycles. The van der Waals surface area contributed by atoms with Crippen LogP contribution in [0.25, 0.3) is 11.3 Å². The highest BCUT2D eigenvalue weighted by Crippen LogP contribution is 2.29. The normalized spacial score (nSPS) is 16.5. The maximum atomic E-state index is 5.67. The lowest BCUT2D eigenvalue weighted by atomic mass is 10.1. The topological polar surface area (TPSA) is 56.7 Å². The van der Waals surface area contributed by atoms with E-state index in [1.807, 2.05) is 35.1 Å². The molecule has 0 atom stereocenters. The predicted octanol–water partition coefficient (Wildman–Crippen LogP) is 2.64. The number of hydrogen-bond donors (Lipinski definition) is 1. The fourth-order valence-electron chi connectivity index (χ4n) is 2.41. The van der Waals surface area contributed by atoms with Gasteiger partial charge in [-0.25, -0.2) is 4.68 Å². The minimum absolute atomic E-state index is 0.546. The monoisotopic (exact) mass is 228 g/mol. The van der Waals surface area contributed by atoms with E-state index in [9.17, 15) is 0 Å². The molecule has 1 heterocycles. The second kappa shape index (κ2) is 4.20. The van der Waals surface area contributed by atoms with Crippen LogP contribution in [-0.4, -0.2) is 15.0 Å². The smallest absolute Gasteiger partial charge is 0.113 e. The third kappa shape index (κ3) is 2.02. The van der Waals surface area contributed by atoms with Crippen molar-refractivity contribution in [1.82, 2.24) is 15.0 Å². The third-order valence-electron chi connectivity index (χ3n) is 3.42. The number of aromatic nitrogens is 3. The summed E-state index contributed by atoms with van der Waals surface area (Å²) >= 11 is 0. The van der Waals surface area contributed by atoms with Crippen molar-refractivity contribution in [2.75, 3.05) is 5.73 Å². The van der Waals surface area contributed by atoms with Crippen LogP contribution in [0.2, 0.25) is 0 Å². The van der Waals surface area contributed by atoms with Crippen molar-refractivity contribution < 1.29 is 0 Å². The molecule has 3 rings (SSSR count). The van der Waals surface area contributed by atoms with Gasteiger partial charge in [0.05, 0.1) is 12.2 Å². The predicted molar refractivity (Wildman–Crippen MR) is 67.4 cm³/mol. The van der Waals surface area contributed by atoms with Gasteiger partial charge in [0.15, 0.2) is 0 Å². The summed E-state index contributed by atoms with van der Waals surface area (Å²) in [6.45, 7) is 0. The van der Waals surface area contributed by atoms with Crippen molar-refractivity contribution in [1.29, 1.82) is 0 Å². The Labute approximate surface area is 100 Å². The van der Waals surface area contributed by atoms with Crippen LogP contribution < -0.4 is 5.73 Å². The molecule has 0 bridgehead atoms. The van der Waals surface area contributed by atoms with Gasteiger partial charge in [-0.15, -0.1) is 5.10 Å². The van der Waals surface area contributed by atoms with Crippen LogP contribution in [-0.2, 0) is 0 Å². The van der Waals surface area contributed by atoms with Crippen LogP contribution in [0.5, 0.6) is 0 Å². The zero-order chi connectivity index (χ0) is 11.7. The fourth-order valence-corrected chi connectivity index (χ4v) is 2.41. The number of nitrogens with zero attached hydrogens (tertiary/aromatic N) is 3. The summed E-state index contributed by atoms with van der Waals surface area (Å²) in [7, 11) is 0. The number of nitrogens with two attached hydrogens (primary N) is 1. The summed E-state index contributed by atoms with van der Waals surface area (Å²) in [6.07, 6.45) is 7.11. The molecule has 88 valence electrons. The highest BCUT2D eigenvalue weighted by Gasteiger charge is 2.18. The largest absolute Gasteiger partial charge is 0.399 e. The van der Waals surface area contributed by atoms with Crippen LogP contribution in [0.3, 0.4) is 0 Å². The summed E-state index contributed by atoms with van der Waals surface area (Å²) in [4.78, 5) is 0. The van der Waals surface area contributed by atoms with Crippen LogP contribution >= 0.6 is 0 Å². The molecule has 4 heteroatoms. The molecule has 0 amide bonds. The zero-order valence-electron chi connectivity index (χ0n) is 9.71. The lowest BCUT2D eigenvalue weighted by molar-refractivity contribution is 0.454. The van der Waals surface area contributed by atoms with Gasteiger partial charge in [0.2, 0.25) is 0 Å². The summed E-state index contributed by atoms with van der Waals surface area (Å²) < 4.78 is 2.01. The van der Waals surface area contributed by atoms with E-state index in [-0.39, 0.29) is 0 Å². The van der Waals surface area contributed by atoms with Crippen molar-refractivity contribution in [3.05, 3.63) is 30.5 Å². The van der Waals surface area contributed by atoms with Gasteiger partial charge in [0.25, 0.3) is 0 Å². The molecule has 0 spiro atoms. The highest BCUT2D eigenvalue weighted by molar-refractivity contribution is 5.60. The Kier molecular flexibility index (Phi) is 2.55. The van der Waals surface area contributed by atoms with E-state index < -0.39 is 0 Å². The Morgan fingerprint density at radius 2 is 1.82 bits per heavy atom. The average molecular weight is 228 g/mol. The van der Waals surface area contributed by atoms with E-state index in [0.717, 1.165) is 16.9 Å². The van der Waals surface area contributed by atoms with Gasteiger partial charge in [0, 0.05) is 11.3 Å². The minimum atomic E-state index is 0.546. The van der Waals surface area contributed by atoms with Gasteiger partial charge >= 0.3 is 0 Å². The van der Waals surface area contributed by atoms with Gasteiger partial charge in [-0.05, 0) is 25.0 Å². The molecular formula is C13H16N4. The lowest BCUT2D eigenvalue weighted by Crippen LogP contribution is -2.04. The van der Waals surface area contributed by atoms with Crippen LogP contribution in [0.4, 0.5) is 5.69 Å². The first-order valence-corrected chi connectivity index (χ1v) is 6.11. The standard InChI is InChI=1S/C13H16N4/c14-11-7-5-10(6-8-11)13-9-17(16-15-13)12-3-1-2-4-12/h5-9,12H,1-4,14H2. The maximum absolute atomic E-state index is 5.67. The molecule has 0 unspecified atom stereocenters. The van der Waals surface area contributed by atoms with Crippen molar-refractivity contribution >= 4 is 5.69 Å². The quantitative estimate of drug-likeness (QED) is 0.804. The second-order valence-corrected chi connectivity index (χ2v) is 4.64. The van der Waals surface area contributed by atoms with Gasteiger partial charge in [-0.2, -0.15) is 0 Å². The van der Waals surface area contributed by atoms with Crippen LogP contribution in [0.15, 0.2) is 30.5 Å². The molecule has 1 fully saturated rings. The van der Waals surface area contributed by atoms with Gasteiger partial charge in [0.1, 0.15) is 5.69 Å². The number of rotatable bonds is 2. The molecule has 0 radical (unpaired) electrons. The van der Waals surface area contributed by atoms with E-state index in [1.165, 1.54) is 25.7 Å². The van der Waals surface area contributed by atoms with Crippen molar-refractivity contribution in [3.8, 4) is 11.3 Å². The summed E-state index contributed by atoms with van der Waals surface area (Å²) in [6, 6.07) is 8.30. The fraction of sp³-hybridized carbons (Fsp3) is 0.385. The van der Waals surface area contributed by atoms with Crippen LogP contribution in [0.1, 0.15) is 31.7 Å². The summed E-state index contributed by atoms with van der Waals surface area (Å²) in [5.74, 6) is 0. The molecule has 1 saturated carbocycles. The van der Waals surface area contributed by atoms with E-state index in [4.69, 9.17) is 5.73 Å². The van der Waals surface area contributed by atoms with Crippen molar-refractivity contribution in [3.63, 3.8) is 0 Å². The molecule has 4 nitrogen and oxygen atoms in total. The third-order valence-corrected chi connectivity index (χ3v) is 3.42. The molecule has 1 aliphatic rings. The first kappa shape index (κ1) is 10.3. The van der Waals surface area contributed by atoms with Crippen molar-refractivity contribution in [2.45, 2.75) is 31.7 Å². The molecular weight excluding hydrogens is 212 g/mol. The van der Waals surface area contributed by atoms with E-state index >= 15 is 0 Å². The second-order valence-electron chi connectivity index (χ2n) is 4.64. The number of anilines is 1. The van der Waals surface area contributed by atoms with Gasteiger partial charge in [-0.1, -0.05) is 30.2 Å². The van der Waals surface area contributed by atoms with E-state index in [1.54, 1.807) is 0 Å². The Morgan fingerprint density at radius 1 is 1.12 bits per heavy atom.